The molecular formula is C15H15ClN2O2S. The summed E-state index contributed by atoms with van der Waals surface area (Å²) < 4.78 is 0. The lowest BCUT2D eigenvalue weighted by atomic mass is 10.2. The van der Waals surface area contributed by atoms with E-state index in [1.165, 1.54) is 17.4 Å². The summed E-state index contributed by atoms with van der Waals surface area (Å²) in [6.07, 6.45) is 0.879. The number of hydrogen-bond donors (Lipinski definition) is 2. The van der Waals surface area contributed by atoms with E-state index in [-0.39, 0.29) is 5.91 Å². The molecule has 0 saturated carbocycles. The molecule has 21 heavy (non-hydrogen) atoms. The molecule has 0 unspecified atom stereocenters. The Morgan fingerprint density at radius 3 is 2.52 bits per heavy atom. The standard InChI is InChI=1S/C15H15ClN2O2S/c1-3-10-8-13(21-9(10)2)15(20)18-17-14(19)11-5-4-6-12(16)7-11/h4-8H,3H2,1-2H3,(H,17,19)(H,18,20). The van der Waals surface area contributed by atoms with Crippen molar-refractivity contribution in [1.29, 1.82) is 0 Å². The maximum absolute atomic E-state index is 12.0. The number of carbonyl (C=O) groups is 2. The fraction of sp³-hybridized carbons (Fsp3) is 0.200. The molecule has 2 N–H and O–H groups in total. The smallest absolute Gasteiger partial charge is 0.267 e. The van der Waals surface area contributed by atoms with Gasteiger partial charge in [-0.25, -0.2) is 0 Å². The summed E-state index contributed by atoms with van der Waals surface area (Å²) in [4.78, 5) is 25.6. The molecule has 0 aliphatic heterocycles. The SMILES string of the molecule is CCc1cc(C(=O)NNC(=O)c2cccc(Cl)c2)sc1C. The zero-order valence-electron chi connectivity index (χ0n) is 11.7. The lowest BCUT2D eigenvalue weighted by Gasteiger charge is -2.06. The van der Waals surface area contributed by atoms with Gasteiger partial charge in [0.1, 0.15) is 0 Å². The number of hydrogen-bond acceptors (Lipinski definition) is 3. The first-order valence-corrected chi connectivity index (χ1v) is 7.66. The number of carbonyl (C=O) groups excluding carboxylic acids is 2. The van der Waals surface area contributed by atoms with Gasteiger partial charge in [0.25, 0.3) is 11.8 Å². The molecule has 6 heteroatoms. The molecule has 1 aromatic carbocycles. The van der Waals surface area contributed by atoms with Gasteiger partial charge in [-0.15, -0.1) is 11.3 Å². The Labute approximate surface area is 132 Å². The van der Waals surface area contributed by atoms with Gasteiger partial charge in [-0.1, -0.05) is 24.6 Å². The van der Waals surface area contributed by atoms with E-state index < -0.39 is 5.91 Å². The van der Waals surface area contributed by atoms with Crippen LogP contribution in [0.15, 0.2) is 30.3 Å². The Balaban J connectivity index is 1.99. The minimum Gasteiger partial charge on any atom is -0.267 e. The van der Waals surface area contributed by atoms with E-state index in [4.69, 9.17) is 11.6 Å². The molecule has 0 saturated heterocycles. The summed E-state index contributed by atoms with van der Waals surface area (Å²) in [5.74, 6) is -0.729. The predicted molar refractivity (Wildman–Crippen MR) is 84.8 cm³/mol. The van der Waals surface area contributed by atoms with Crippen molar-refractivity contribution in [3.63, 3.8) is 0 Å². The van der Waals surface area contributed by atoms with Gasteiger partial charge < -0.3 is 0 Å². The second-order valence-corrected chi connectivity index (χ2v) is 6.16. The van der Waals surface area contributed by atoms with Crippen LogP contribution in [0.25, 0.3) is 0 Å². The van der Waals surface area contributed by atoms with Crippen LogP contribution < -0.4 is 10.9 Å². The third-order valence-corrected chi connectivity index (χ3v) is 4.33. The fourth-order valence-corrected chi connectivity index (χ4v) is 3.06. The number of aryl methyl sites for hydroxylation is 2. The zero-order chi connectivity index (χ0) is 15.4. The molecule has 0 spiro atoms. The van der Waals surface area contributed by atoms with Gasteiger partial charge in [-0.3, -0.25) is 20.4 Å². The molecular weight excluding hydrogens is 308 g/mol. The number of halogens is 1. The van der Waals surface area contributed by atoms with Gasteiger partial charge in [0.2, 0.25) is 0 Å². The molecule has 4 nitrogen and oxygen atoms in total. The van der Waals surface area contributed by atoms with Crippen molar-refractivity contribution in [1.82, 2.24) is 10.9 Å². The third-order valence-electron chi connectivity index (χ3n) is 3.00. The fourth-order valence-electron chi connectivity index (χ4n) is 1.86. The summed E-state index contributed by atoms with van der Waals surface area (Å²) in [7, 11) is 0. The Hall–Kier alpha value is -1.85. The minimum absolute atomic E-state index is 0.321. The highest BCUT2D eigenvalue weighted by atomic mass is 35.5. The van der Waals surface area contributed by atoms with Crippen LogP contribution in [0.5, 0.6) is 0 Å². The van der Waals surface area contributed by atoms with E-state index in [9.17, 15) is 9.59 Å². The van der Waals surface area contributed by atoms with E-state index in [0.717, 1.165) is 16.9 Å². The lowest BCUT2D eigenvalue weighted by Crippen LogP contribution is -2.41. The van der Waals surface area contributed by atoms with Crippen molar-refractivity contribution in [2.45, 2.75) is 20.3 Å². The van der Waals surface area contributed by atoms with Gasteiger partial charge in [-0.2, -0.15) is 0 Å². The van der Waals surface area contributed by atoms with Gasteiger partial charge in [-0.05, 0) is 43.2 Å². The average Bonchev–Trinajstić information content (AvgIpc) is 2.85. The van der Waals surface area contributed by atoms with E-state index in [1.54, 1.807) is 18.2 Å². The van der Waals surface area contributed by atoms with E-state index in [0.29, 0.717) is 15.5 Å². The zero-order valence-corrected chi connectivity index (χ0v) is 13.3. The molecule has 0 aliphatic carbocycles. The first kappa shape index (κ1) is 15.5. The van der Waals surface area contributed by atoms with Crippen molar-refractivity contribution in [3.8, 4) is 0 Å². The highest BCUT2D eigenvalue weighted by molar-refractivity contribution is 7.14. The normalized spacial score (nSPS) is 10.2. The number of thiophene rings is 1. The first-order chi connectivity index (χ1) is 10.0. The first-order valence-electron chi connectivity index (χ1n) is 6.46. The Morgan fingerprint density at radius 1 is 1.19 bits per heavy atom. The van der Waals surface area contributed by atoms with E-state index >= 15 is 0 Å². The highest BCUT2D eigenvalue weighted by Gasteiger charge is 2.13. The molecule has 2 aromatic rings. The van der Waals surface area contributed by atoms with Crippen LogP contribution >= 0.6 is 22.9 Å². The van der Waals surface area contributed by atoms with Crippen LogP contribution in [0.2, 0.25) is 5.02 Å². The number of hydrazine groups is 1. The molecule has 1 aromatic heterocycles. The minimum atomic E-state index is -0.408. The average molecular weight is 323 g/mol. The van der Waals surface area contributed by atoms with E-state index in [1.807, 2.05) is 19.9 Å². The maximum Gasteiger partial charge on any atom is 0.279 e. The quantitative estimate of drug-likeness (QED) is 0.851. The summed E-state index contributed by atoms with van der Waals surface area (Å²) in [5, 5.41) is 0.468. The van der Waals surface area contributed by atoms with Crippen LogP contribution in [0, 0.1) is 6.92 Å². The summed E-state index contributed by atoms with van der Waals surface area (Å²) >= 11 is 7.23. The van der Waals surface area contributed by atoms with Crippen molar-refractivity contribution < 1.29 is 9.59 Å². The van der Waals surface area contributed by atoms with Crippen molar-refractivity contribution in [2.75, 3.05) is 0 Å². The molecule has 0 aliphatic rings. The lowest BCUT2D eigenvalue weighted by molar-refractivity contribution is 0.0849. The molecule has 0 bridgehead atoms. The van der Waals surface area contributed by atoms with Crippen LogP contribution in [-0.4, -0.2) is 11.8 Å². The van der Waals surface area contributed by atoms with Crippen molar-refractivity contribution in [3.05, 3.63) is 56.2 Å². The monoisotopic (exact) mass is 322 g/mol. The molecule has 2 rings (SSSR count). The second-order valence-electron chi connectivity index (χ2n) is 4.46. The summed E-state index contributed by atoms with van der Waals surface area (Å²) in [6.45, 7) is 4.02. The van der Waals surface area contributed by atoms with Gasteiger partial charge in [0, 0.05) is 15.5 Å². The third kappa shape index (κ3) is 3.83. The number of benzene rings is 1. The van der Waals surface area contributed by atoms with Gasteiger partial charge in [0.05, 0.1) is 4.88 Å². The number of nitrogens with one attached hydrogen (secondary N) is 2. The Bertz CT molecular complexity index is 682. The Morgan fingerprint density at radius 2 is 1.90 bits per heavy atom. The predicted octanol–water partition coefficient (Wildman–Crippen LogP) is 3.35. The molecule has 0 radical (unpaired) electrons. The van der Waals surface area contributed by atoms with Crippen LogP contribution in [0.1, 0.15) is 37.4 Å². The van der Waals surface area contributed by atoms with Gasteiger partial charge in [0.15, 0.2) is 0 Å². The summed E-state index contributed by atoms with van der Waals surface area (Å²) in [6, 6.07) is 8.36. The topological polar surface area (TPSA) is 58.2 Å². The Kier molecular flexibility index (Phi) is 4.98. The second kappa shape index (κ2) is 6.74. The largest absolute Gasteiger partial charge is 0.279 e. The molecule has 1 heterocycles. The molecule has 0 fully saturated rings. The molecule has 110 valence electrons. The van der Waals surface area contributed by atoms with Crippen molar-refractivity contribution >= 4 is 34.8 Å². The van der Waals surface area contributed by atoms with Gasteiger partial charge >= 0.3 is 0 Å². The van der Waals surface area contributed by atoms with Crippen LogP contribution in [0.4, 0.5) is 0 Å². The molecule has 2 amide bonds. The summed E-state index contributed by atoms with van der Waals surface area (Å²) in [5.41, 5.74) is 6.32. The highest BCUT2D eigenvalue weighted by Crippen LogP contribution is 2.21. The maximum atomic E-state index is 12.0. The molecule has 0 atom stereocenters. The van der Waals surface area contributed by atoms with Crippen LogP contribution in [0.3, 0.4) is 0 Å². The number of rotatable bonds is 3. The van der Waals surface area contributed by atoms with E-state index in [2.05, 4.69) is 10.9 Å². The number of amides is 2. The van der Waals surface area contributed by atoms with Crippen molar-refractivity contribution in [2.24, 2.45) is 0 Å². The van der Waals surface area contributed by atoms with Crippen LogP contribution in [-0.2, 0) is 6.42 Å².